The predicted molar refractivity (Wildman–Crippen MR) is 163 cm³/mol. The molecule has 0 heterocycles. The zero-order valence-electron chi connectivity index (χ0n) is 24.6. The average molecular weight is 514 g/mol. The van der Waals surface area contributed by atoms with Gasteiger partial charge < -0.3 is 4.74 Å². The van der Waals surface area contributed by atoms with Gasteiger partial charge in [-0.15, -0.1) is 0 Å². The first-order valence-corrected chi connectivity index (χ1v) is 19.5. The maximum absolute atomic E-state index is 6.36. The van der Waals surface area contributed by atoms with E-state index in [1.54, 1.807) is 5.56 Å². The lowest BCUT2D eigenvalue weighted by Crippen LogP contribution is -2.39. The molecule has 0 aliphatic heterocycles. The lowest BCUT2D eigenvalue weighted by atomic mass is 9.72. The van der Waals surface area contributed by atoms with Crippen LogP contribution in [0.2, 0.25) is 32.7 Å². The molecule has 0 fully saturated rings. The first-order valence-electron chi connectivity index (χ1n) is 13.4. The van der Waals surface area contributed by atoms with Crippen LogP contribution in [0.1, 0.15) is 73.5 Å². The predicted octanol–water partition coefficient (Wildman–Crippen LogP) is 8.58. The Morgan fingerprint density at radius 3 is 2.00 bits per heavy atom. The molecule has 0 aromatic heterocycles. The van der Waals surface area contributed by atoms with Gasteiger partial charge in [-0.1, -0.05) is 127 Å². The summed E-state index contributed by atoms with van der Waals surface area (Å²) in [5.74, 6) is 1.09. The highest BCUT2D eigenvalue weighted by Gasteiger charge is 2.43. The third-order valence-corrected chi connectivity index (χ3v) is 12.1. The molecule has 0 spiro atoms. The smallest absolute Gasteiger partial charge is 0.126 e. The van der Waals surface area contributed by atoms with Crippen molar-refractivity contribution >= 4 is 22.1 Å². The highest BCUT2D eigenvalue weighted by atomic mass is 28.3. The number of methoxy groups -OCH3 is 1. The highest BCUT2D eigenvalue weighted by molar-refractivity contribution is 6.78. The van der Waals surface area contributed by atoms with Crippen molar-refractivity contribution in [3.8, 4) is 16.9 Å². The van der Waals surface area contributed by atoms with Crippen molar-refractivity contribution in [1.82, 2.24) is 0 Å². The fraction of sp³-hybridized carbons (Fsp3) is 0.455. The quantitative estimate of drug-likeness (QED) is 0.310. The summed E-state index contributed by atoms with van der Waals surface area (Å²) in [6.45, 7) is 26.6. The van der Waals surface area contributed by atoms with Crippen molar-refractivity contribution in [1.29, 1.82) is 0 Å². The maximum atomic E-state index is 6.36. The summed E-state index contributed by atoms with van der Waals surface area (Å²) >= 11 is 0. The first kappa shape index (κ1) is 26.9. The summed E-state index contributed by atoms with van der Waals surface area (Å²) in [7, 11) is -0.434. The highest BCUT2D eigenvalue weighted by Crippen LogP contribution is 2.54. The van der Waals surface area contributed by atoms with Crippen LogP contribution >= 0.6 is 0 Å². The molecule has 4 rings (SSSR count). The Hall–Kier alpha value is -2.11. The van der Waals surface area contributed by atoms with Gasteiger partial charge in [0.2, 0.25) is 0 Å². The van der Waals surface area contributed by atoms with E-state index >= 15 is 0 Å². The molecule has 1 atom stereocenters. The van der Waals surface area contributed by atoms with Gasteiger partial charge in [0, 0.05) is 22.1 Å². The van der Waals surface area contributed by atoms with Crippen molar-refractivity contribution in [2.24, 2.45) is 0 Å². The minimum Gasteiger partial charge on any atom is -0.496 e. The second-order valence-electron chi connectivity index (χ2n) is 13.6. The van der Waals surface area contributed by atoms with Crippen LogP contribution in [0.15, 0.2) is 48.5 Å². The number of rotatable bonds is 5. The molecule has 3 heteroatoms. The van der Waals surface area contributed by atoms with Crippen LogP contribution in [0.3, 0.4) is 0 Å². The largest absolute Gasteiger partial charge is 0.496 e. The van der Waals surface area contributed by atoms with Gasteiger partial charge in [-0.25, -0.2) is 0 Å². The minimum absolute atomic E-state index is 0.00355. The van der Waals surface area contributed by atoms with Crippen LogP contribution in [-0.2, 0) is 10.8 Å². The van der Waals surface area contributed by atoms with Gasteiger partial charge in [-0.2, -0.15) is 0 Å². The Balaban J connectivity index is 2.12. The van der Waals surface area contributed by atoms with Crippen molar-refractivity contribution in [2.45, 2.75) is 90.6 Å². The van der Waals surface area contributed by atoms with Crippen LogP contribution in [0.4, 0.5) is 0 Å². The van der Waals surface area contributed by atoms with Crippen LogP contribution in [0.5, 0.6) is 5.75 Å². The Labute approximate surface area is 222 Å². The van der Waals surface area contributed by atoms with Crippen molar-refractivity contribution in [2.75, 3.05) is 7.11 Å². The molecular formula is C33H45OSi2. The van der Waals surface area contributed by atoms with Crippen LogP contribution < -0.4 is 9.92 Å². The molecule has 36 heavy (non-hydrogen) atoms. The van der Waals surface area contributed by atoms with E-state index in [2.05, 4.69) is 123 Å². The summed E-state index contributed by atoms with van der Waals surface area (Å²) < 4.78 is 6.36. The fourth-order valence-corrected chi connectivity index (χ4v) is 10.8. The lowest BCUT2D eigenvalue weighted by molar-refractivity contribution is 0.385. The van der Waals surface area contributed by atoms with Gasteiger partial charge in [0.25, 0.3) is 0 Å². The third kappa shape index (κ3) is 4.22. The summed E-state index contributed by atoms with van der Waals surface area (Å²) in [5.41, 5.74) is 11.9. The Kier molecular flexibility index (Phi) is 6.75. The zero-order chi connectivity index (χ0) is 26.8. The molecule has 0 N–H and O–H groups in total. The number of hydrogen-bond acceptors (Lipinski definition) is 1. The molecule has 191 valence electrons. The van der Waals surface area contributed by atoms with E-state index in [0.717, 1.165) is 5.75 Å². The van der Waals surface area contributed by atoms with Crippen molar-refractivity contribution in [3.05, 3.63) is 81.9 Å². The number of aryl methyl sites for hydroxylation is 1. The number of fused-ring (bicyclic) bond motifs is 3. The van der Waals surface area contributed by atoms with Gasteiger partial charge in [0.15, 0.2) is 0 Å². The van der Waals surface area contributed by atoms with E-state index in [9.17, 15) is 0 Å². The van der Waals surface area contributed by atoms with Gasteiger partial charge in [-0.3, -0.25) is 0 Å². The average Bonchev–Trinajstić information content (AvgIpc) is 3.12. The first-order chi connectivity index (χ1) is 16.6. The van der Waals surface area contributed by atoms with Gasteiger partial charge in [-0.05, 0) is 40.2 Å². The SMILES string of the molecule is COc1c(C(C)(C)C)cc(C)c([Si](C)C)c1C(C)(C)c1cccc2c1C([Si](C)(C)C)c1ccccc1-2. The Morgan fingerprint density at radius 2 is 1.44 bits per heavy atom. The number of benzene rings is 3. The topological polar surface area (TPSA) is 9.23 Å². The maximum Gasteiger partial charge on any atom is 0.126 e. The van der Waals surface area contributed by atoms with E-state index in [-0.39, 0.29) is 10.8 Å². The normalized spacial score (nSPS) is 15.8. The molecule has 1 unspecified atom stereocenters. The fourth-order valence-electron chi connectivity index (χ4n) is 6.65. The summed E-state index contributed by atoms with van der Waals surface area (Å²) in [6.07, 6.45) is 0. The molecule has 1 aliphatic carbocycles. The van der Waals surface area contributed by atoms with E-state index in [1.165, 1.54) is 44.1 Å². The standard InChI is InChI=1S/C33H45OSi2/c1-21-20-26(32(2,3)4)29(34-7)28(30(21)35(8)9)33(5,6)25-19-15-18-23-22-16-13-14-17-24(22)31(27(23)25)36(10,11)12/h13-20,31H,1-12H3. The van der Waals surface area contributed by atoms with Gasteiger partial charge in [0.1, 0.15) is 5.75 Å². The van der Waals surface area contributed by atoms with E-state index < -0.39 is 16.9 Å². The van der Waals surface area contributed by atoms with Crippen LogP contribution in [0, 0.1) is 6.92 Å². The lowest BCUT2D eigenvalue weighted by Gasteiger charge is -2.38. The molecule has 1 radical (unpaired) electrons. The van der Waals surface area contributed by atoms with E-state index in [1.807, 2.05) is 7.11 Å². The molecule has 0 saturated heterocycles. The molecule has 1 aliphatic rings. The molecule has 1 nitrogen and oxygen atoms in total. The molecule has 3 aromatic carbocycles. The van der Waals surface area contributed by atoms with E-state index in [0.29, 0.717) is 5.54 Å². The summed E-state index contributed by atoms with van der Waals surface area (Å²) in [4.78, 5) is 0. The number of hydrogen-bond donors (Lipinski definition) is 0. The Morgan fingerprint density at radius 1 is 0.833 bits per heavy atom. The van der Waals surface area contributed by atoms with Crippen molar-refractivity contribution < 1.29 is 4.74 Å². The monoisotopic (exact) mass is 513 g/mol. The molecule has 0 bridgehead atoms. The molecular weight excluding hydrogens is 469 g/mol. The molecule has 3 aromatic rings. The Bertz CT molecular complexity index is 1300. The second kappa shape index (κ2) is 9.02. The molecule has 0 saturated carbocycles. The third-order valence-electron chi connectivity index (χ3n) is 8.11. The minimum atomic E-state index is -1.57. The summed E-state index contributed by atoms with van der Waals surface area (Å²) in [6, 6.07) is 18.6. The number of ether oxygens (including phenoxy) is 1. The second-order valence-corrected chi connectivity index (χ2v) is 21.4. The van der Waals surface area contributed by atoms with Gasteiger partial charge in [0.05, 0.1) is 24.0 Å². The van der Waals surface area contributed by atoms with Crippen LogP contribution in [-0.4, -0.2) is 24.0 Å². The van der Waals surface area contributed by atoms with E-state index in [4.69, 9.17) is 4.74 Å². The van der Waals surface area contributed by atoms with Crippen molar-refractivity contribution in [3.63, 3.8) is 0 Å². The molecule has 0 amide bonds. The summed E-state index contributed by atoms with van der Waals surface area (Å²) in [5, 5.41) is 1.53. The van der Waals surface area contributed by atoms with Crippen LogP contribution in [0.25, 0.3) is 11.1 Å². The van der Waals surface area contributed by atoms with Gasteiger partial charge >= 0.3 is 0 Å². The zero-order valence-corrected chi connectivity index (χ0v) is 26.6.